The fraction of sp³-hybridized carbons (Fsp3) is 0.211. The topological polar surface area (TPSA) is 93.5 Å². The Morgan fingerprint density at radius 2 is 1.77 bits per heavy atom. The molecule has 2 amide bonds. The third-order valence-electron chi connectivity index (χ3n) is 3.82. The van der Waals surface area contributed by atoms with Crippen LogP contribution in [0.3, 0.4) is 0 Å². The summed E-state index contributed by atoms with van der Waals surface area (Å²) in [6, 6.07) is 14.8. The maximum Gasteiger partial charge on any atom is 0.276 e. The summed E-state index contributed by atoms with van der Waals surface area (Å²) in [6.45, 7) is 1.87. The SMILES string of the molecule is CCc1ccc(OCC(=O)NNC(=O)Cc2noc3ccccc23)cc1. The van der Waals surface area contributed by atoms with Crippen LogP contribution in [0.15, 0.2) is 53.1 Å². The second-order valence-corrected chi connectivity index (χ2v) is 5.68. The van der Waals surface area contributed by atoms with E-state index < -0.39 is 11.8 Å². The molecule has 0 bridgehead atoms. The Hall–Kier alpha value is -3.35. The Labute approximate surface area is 150 Å². The molecule has 134 valence electrons. The summed E-state index contributed by atoms with van der Waals surface area (Å²) in [6.07, 6.45) is 0.935. The lowest BCUT2D eigenvalue weighted by Gasteiger charge is -2.08. The molecule has 3 rings (SSSR count). The van der Waals surface area contributed by atoms with Crippen LogP contribution in [0.4, 0.5) is 0 Å². The molecular formula is C19H19N3O4. The molecule has 0 unspecified atom stereocenters. The number of nitrogens with zero attached hydrogens (tertiary/aromatic N) is 1. The highest BCUT2D eigenvalue weighted by atomic mass is 16.5. The van der Waals surface area contributed by atoms with Crippen LogP contribution in [0.5, 0.6) is 5.75 Å². The number of rotatable bonds is 6. The first-order chi connectivity index (χ1) is 12.7. The summed E-state index contributed by atoms with van der Waals surface area (Å²) in [4.78, 5) is 23.7. The Bertz CT molecular complexity index is 903. The third-order valence-corrected chi connectivity index (χ3v) is 3.82. The lowest BCUT2D eigenvalue weighted by atomic mass is 10.2. The van der Waals surface area contributed by atoms with Crippen molar-refractivity contribution in [2.45, 2.75) is 19.8 Å². The van der Waals surface area contributed by atoms with Crippen LogP contribution in [-0.4, -0.2) is 23.6 Å². The average Bonchev–Trinajstić information content (AvgIpc) is 3.08. The molecule has 26 heavy (non-hydrogen) atoms. The zero-order chi connectivity index (χ0) is 18.4. The van der Waals surface area contributed by atoms with E-state index in [0.29, 0.717) is 17.0 Å². The molecule has 7 nitrogen and oxygen atoms in total. The Balaban J connectivity index is 1.44. The molecule has 0 aliphatic rings. The van der Waals surface area contributed by atoms with Gasteiger partial charge in [-0.2, -0.15) is 0 Å². The number of hydrogen-bond donors (Lipinski definition) is 2. The standard InChI is InChI=1S/C19H19N3O4/c1-2-13-7-9-14(10-8-13)25-12-19(24)21-20-18(23)11-16-15-5-3-4-6-17(15)26-22-16/h3-10H,2,11-12H2,1H3,(H,20,23)(H,21,24). The molecule has 0 spiro atoms. The molecule has 0 saturated heterocycles. The number of carbonyl (C=O) groups is 2. The van der Waals surface area contributed by atoms with Gasteiger partial charge in [-0.15, -0.1) is 0 Å². The molecule has 1 aromatic heterocycles. The van der Waals surface area contributed by atoms with Gasteiger partial charge >= 0.3 is 0 Å². The minimum atomic E-state index is -0.456. The van der Waals surface area contributed by atoms with Crippen LogP contribution in [-0.2, 0) is 22.4 Å². The van der Waals surface area contributed by atoms with Crippen molar-refractivity contribution in [2.75, 3.05) is 6.61 Å². The zero-order valence-electron chi connectivity index (χ0n) is 14.3. The van der Waals surface area contributed by atoms with Crippen molar-refractivity contribution in [1.82, 2.24) is 16.0 Å². The van der Waals surface area contributed by atoms with Crippen LogP contribution in [0.2, 0.25) is 0 Å². The van der Waals surface area contributed by atoms with Gasteiger partial charge in [0.1, 0.15) is 11.4 Å². The van der Waals surface area contributed by atoms with Crippen molar-refractivity contribution in [3.8, 4) is 5.75 Å². The van der Waals surface area contributed by atoms with Crippen molar-refractivity contribution >= 4 is 22.8 Å². The van der Waals surface area contributed by atoms with Crippen molar-refractivity contribution in [2.24, 2.45) is 0 Å². The molecule has 1 heterocycles. The molecule has 0 saturated carbocycles. The maximum atomic E-state index is 12.0. The largest absolute Gasteiger partial charge is 0.484 e. The monoisotopic (exact) mass is 353 g/mol. The molecular weight excluding hydrogens is 334 g/mol. The van der Waals surface area contributed by atoms with Crippen molar-refractivity contribution in [3.05, 3.63) is 59.8 Å². The van der Waals surface area contributed by atoms with E-state index >= 15 is 0 Å². The van der Waals surface area contributed by atoms with E-state index in [0.717, 1.165) is 11.8 Å². The first-order valence-corrected chi connectivity index (χ1v) is 8.28. The van der Waals surface area contributed by atoms with E-state index in [-0.39, 0.29) is 13.0 Å². The summed E-state index contributed by atoms with van der Waals surface area (Å²) < 4.78 is 10.5. The normalized spacial score (nSPS) is 10.5. The summed E-state index contributed by atoms with van der Waals surface area (Å²) >= 11 is 0. The summed E-state index contributed by atoms with van der Waals surface area (Å²) in [5, 5.41) is 4.65. The second-order valence-electron chi connectivity index (χ2n) is 5.68. The Morgan fingerprint density at radius 1 is 1.04 bits per heavy atom. The van der Waals surface area contributed by atoms with E-state index in [4.69, 9.17) is 9.26 Å². The molecule has 0 fully saturated rings. The number of amides is 2. The summed E-state index contributed by atoms with van der Waals surface area (Å²) in [5.41, 5.74) is 6.97. The number of fused-ring (bicyclic) bond motifs is 1. The van der Waals surface area contributed by atoms with Crippen LogP contribution < -0.4 is 15.6 Å². The second kappa shape index (κ2) is 8.15. The van der Waals surface area contributed by atoms with Gasteiger partial charge in [0.05, 0.1) is 6.42 Å². The molecule has 0 radical (unpaired) electrons. The fourth-order valence-corrected chi connectivity index (χ4v) is 2.41. The predicted octanol–water partition coefficient (Wildman–Crippen LogP) is 2.16. The first-order valence-electron chi connectivity index (χ1n) is 8.28. The highest BCUT2D eigenvalue weighted by Crippen LogP contribution is 2.17. The minimum Gasteiger partial charge on any atom is -0.484 e. The van der Waals surface area contributed by atoms with Crippen molar-refractivity contribution < 1.29 is 18.8 Å². The number of para-hydroxylation sites is 1. The molecule has 0 atom stereocenters. The van der Waals surface area contributed by atoms with Gasteiger partial charge in [-0.1, -0.05) is 36.3 Å². The molecule has 2 N–H and O–H groups in total. The summed E-state index contributed by atoms with van der Waals surface area (Å²) in [5.74, 6) is -0.259. The smallest absolute Gasteiger partial charge is 0.276 e. The highest BCUT2D eigenvalue weighted by molar-refractivity contribution is 5.87. The molecule has 2 aromatic carbocycles. The lowest BCUT2D eigenvalue weighted by Crippen LogP contribution is -2.44. The maximum absolute atomic E-state index is 12.0. The van der Waals surface area contributed by atoms with E-state index in [1.807, 2.05) is 30.3 Å². The Morgan fingerprint density at radius 3 is 2.54 bits per heavy atom. The number of hydrazine groups is 1. The lowest BCUT2D eigenvalue weighted by molar-refractivity contribution is -0.129. The molecule has 0 aliphatic heterocycles. The molecule has 0 aliphatic carbocycles. The van der Waals surface area contributed by atoms with E-state index in [2.05, 4.69) is 22.9 Å². The van der Waals surface area contributed by atoms with Crippen LogP contribution in [0.25, 0.3) is 11.0 Å². The predicted molar refractivity (Wildman–Crippen MR) is 95.3 cm³/mol. The van der Waals surface area contributed by atoms with Crippen molar-refractivity contribution in [3.63, 3.8) is 0 Å². The van der Waals surface area contributed by atoms with Crippen LogP contribution >= 0.6 is 0 Å². The van der Waals surface area contributed by atoms with Gasteiger partial charge in [0, 0.05) is 5.39 Å². The van der Waals surface area contributed by atoms with Gasteiger partial charge in [-0.05, 0) is 36.2 Å². The van der Waals surface area contributed by atoms with E-state index in [9.17, 15) is 9.59 Å². The number of carbonyl (C=O) groups excluding carboxylic acids is 2. The van der Waals surface area contributed by atoms with Gasteiger partial charge in [-0.3, -0.25) is 20.4 Å². The minimum absolute atomic E-state index is 0.00334. The zero-order valence-corrected chi connectivity index (χ0v) is 14.3. The van der Waals surface area contributed by atoms with Crippen LogP contribution in [0.1, 0.15) is 18.2 Å². The number of nitrogens with one attached hydrogen (secondary N) is 2. The first kappa shape index (κ1) is 17.5. The van der Waals surface area contributed by atoms with Crippen LogP contribution in [0, 0.1) is 0 Å². The van der Waals surface area contributed by atoms with Crippen molar-refractivity contribution in [1.29, 1.82) is 0 Å². The highest BCUT2D eigenvalue weighted by Gasteiger charge is 2.12. The van der Waals surface area contributed by atoms with Gasteiger partial charge in [0.2, 0.25) is 5.91 Å². The summed E-state index contributed by atoms with van der Waals surface area (Å²) in [7, 11) is 0. The number of aromatic nitrogens is 1. The molecule has 7 heteroatoms. The number of ether oxygens (including phenoxy) is 1. The van der Waals surface area contributed by atoms with Gasteiger partial charge < -0.3 is 9.26 Å². The Kier molecular flexibility index (Phi) is 5.48. The number of benzene rings is 2. The number of aryl methyl sites for hydroxylation is 1. The van der Waals surface area contributed by atoms with Gasteiger partial charge in [0.25, 0.3) is 5.91 Å². The van der Waals surface area contributed by atoms with Gasteiger partial charge in [0.15, 0.2) is 12.2 Å². The van der Waals surface area contributed by atoms with Gasteiger partial charge in [-0.25, -0.2) is 0 Å². The molecule has 3 aromatic rings. The average molecular weight is 353 g/mol. The quantitative estimate of drug-likeness (QED) is 0.663. The number of hydrogen-bond acceptors (Lipinski definition) is 5. The fourth-order valence-electron chi connectivity index (χ4n) is 2.41. The third kappa shape index (κ3) is 4.38. The van der Waals surface area contributed by atoms with E-state index in [1.54, 1.807) is 18.2 Å². The van der Waals surface area contributed by atoms with E-state index in [1.165, 1.54) is 5.56 Å².